The van der Waals surface area contributed by atoms with Crippen LogP contribution in [0.15, 0.2) is 97.1 Å². The molecular formula is C57H84O9Si2. The van der Waals surface area contributed by atoms with Gasteiger partial charge in [-0.25, -0.2) is 9.59 Å². The molecule has 0 aliphatic carbocycles. The molecule has 11 heteroatoms. The van der Waals surface area contributed by atoms with Gasteiger partial charge in [0.05, 0.1) is 24.3 Å². The molecule has 0 saturated heterocycles. The third-order valence-corrected chi connectivity index (χ3v) is 18.3. The van der Waals surface area contributed by atoms with E-state index < -0.39 is 29.3 Å². The first-order chi connectivity index (χ1) is 33.0. The van der Waals surface area contributed by atoms with Crippen LogP contribution < -0.4 is 28.4 Å². The van der Waals surface area contributed by atoms with E-state index in [0.29, 0.717) is 53.8 Å². The van der Waals surface area contributed by atoms with E-state index in [0.717, 1.165) is 43.6 Å². The van der Waals surface area contributed by atoms with Crippen LogP contribution in [-0.2, 0) is 4.12 Å². The number of carbonyl (C=O) groups excluding carboxylic acids is 2. The fourth-order valence-electron chi connectivity index (χ4n) is 8.15. The zero-order chi connectivity index (χ0) is 48.8. The number of rotatable bonds is 36. The number of benzene rings is 4. The molecule has 0 fully saturated rings. The van der Waals surface area contributed by atoms with Gasteiger partial charge < -0.3 is 32.5 Å². The molecule has 0 saturated carbocycles. The van der Waals surface area contributed by atoms with Gasteiger partial charge >= 0.3 is 11.9 Å². The number of esters is 2. The first-order valence-corrected chi connectivity index (χ1v) is 31.9. The summed E-state index contributed by atoms with van der Waals surface area (Å²) in [6.45, 7) is 16.9. The Balaban J connectivity index is 1.37. The SMILES string of the molecule is CCCCCCCCOc1ccc(OC(=O)c2ccc(OC(CCCCCCCC)CC(Oc3ccc(C(=O)Oc4ccc(OCCCCCCCC)cc4)cc3)[Si](C)(C)O[SiH](C)C)cc2)cc1. The Labute approximate surface area is 412 Å². The van der Waals surface area contributed by atoms with Gasteiger partial charge in [0, 0.05) is 6.42 Å². The molecule has 0 aromatic heterocycles. The topological polar surface area (TPSA) is 98.8 Å². The lowest BCUT2D eigenvalue weighted by atomic mass is 10.1. The zero-order valence-corrected chi connectivity index (χ0v) is 44.9. The van der Waals surface area contributed by atoms with Crippen LogP contribution in [0.25, 0.3) is 0 Å². The van der Waals surface area contributed by atoms with Crippen molar-refractivity contribution < 1.29 is 42.1 Å². The highest BCUT2D eigenvalue weighted by Gasteiger charge is 2.39. The summed E-state index contributed by atoms with van der Waals surface area (Å²) in [6.07, 6.45) is 22.9. The summed E-state index contributed by atoms with van der Waals surface area (Å²) in [5.41, 5.74) is 0.633. The van der Waals surface area contributed by atoms with E-state index in [4.69, 9.17) is 32.5 Å². The fourth-order valence-corrected chi connectivity index (χ4v) is 14.9. The van der Waals surface area contributed by atoms with Crippen molar-refractivity contribution in [2.75, 3.05) is 13.2 Å². The van der Waals surface area contributed by atoms with E-state index in [9.17, 15) is 9.59 Å². The van der Waals surface area contributed by atoms with Crippen LogP contribution >= 0.6 is 0 Å². The van der Waals surface area contributed by atoms with Crippen LogP contribution in [0.5, 0.6) is 34.5 Å². The number of ether oxygens (including phenoxy) is 6. The monoisotopic (exact) mass is 969 g/mol. The highest BCUT2D eigenvalue weighted by atomic mass is 28.4. The molecule has 0 heterocycles. The van der Waals surface area contributed by atoms with E-state index in [1.165, 1.54) is 89.9 Å². The summed E-state index contributed by atoms with van der Waals surface area (Å²) in [5.74, 6) is 2.92. The van der Waals surface area contributed by atoms with Crippen molar-refractivity contribution in [2.45, 2.75) is 187 Å². The second kappa shape index (κ2) is 32.3. The van der Waals surface area contributed by atoms with E-state index in [2.05, 4.69) is 47.0 Å². The van der Waals surface area contributed by atoms with Gasteiger partial charge in [0.25, 0.3) is 0 Å². The van der Waals surface area contributed by atoms with E-state index in [1.807, 2.05) is 48.5 Å². The Morgan fingerprint density at radius 1 is 0.456 bits per heavy atom. The van der Waals surface area contributed by atoms with Crippen LogP contribution in [0, 0.1) is 0 Å². The van der Waals surface area contributed by atoms with Crippen molar-refractivity contribution in [2.24, 2.45) is 0 Å². The highest BCUT2D eigenvalue weighted by Crippen LogP contribution is 2.29. The summed E-state index contributed by atoms with van der Waals surface area (Å²) in [5, 5.41) is 0. The van der Waals surface area contributed by atoms with Crippen LogP contribution in [0.1, 0.15) is 170 Å². The van der Waals surface area contributed by atoms with Crippen molar-refractivity contribution >= 4 is 29.3 Å². The maximum absolute atomic E-state index is 13.2. The predicted molar refractivity (Wildman–Crippen MR) is 282 cm³/mol. The summed E-state index contributed by atoms with van der Waals surface area (Å²) in [4.78, 5) is 26.4. The lowest BCUT2D eigenvalue weighted by molar-refractivity contribution is 0.0725. The fraction of sp³-hybridized carbons (Fsp3) is 0.544. The van der Waals surface area contributed by atoms with Crippen molar-refractivity contribution in [1.82, 2.24) is 0 Å². The van der Waals surface area contributed by atoms with Crippen LogP contribution in [-0.4, -0.2) is 54.3 Å². The molecule has 2 unspecified atom stereocenters. The summed E-state index contributed by atoms with van der Waals surface area (Å²) in [6, 6.07) is 28.8. The van der Waals surface area contributed by atoms with E-state index >= 15 is 0 Å². The molecule has 0 spiro atoms. The maximum Gasteiger partial charge on any atom is 0.343 e. The van der Waals surface area contributed by atoms with Crippen LogP contribution in [0.4, 0.5) is 0 Å². The van der Waals surface area contributed by atoms with Gasteiger partial charge in [-0.2, -0.15) is 0 Å². The first kappa shape index (κ1) is 56.0. The number of hydrogen-bond acceptors (Lipinski definition) is 9. The molecular weight excluding hydrogens is 885 g/mol. The van der Waals surface area contributed by atoms with E-state index in [1.54, 1.807) is 48.5 Å². The second-order valence-corrected chi connectivity index (χ2v) is 25.8. The minimum Gasteiger partial charge on any atom is -0.494 e. The molecule has 0 N–H and O–H groups in total. The van der Waals surface area contributed by atoms with Crippen molar-refractivity contribution in [1.29, 1.82) is 0 Å². The number of hydrogen-bond donors (Lipinski definition) is 0. The van der Waals surface area contributed by atoms with Crippen LogP contribution in [0.2, 0.25) is 26.2 Å². The molecule has 374 valence electrons. The quantitative estimate of drug-likeness (QED) is 0.0191. The third-order valence-electron chi connectivity index (χ3n) is 12.0. The normalized spacial score (nSPS) is 12.4. The summed E-state index contributed by atoms with van der Waals surface area (Å²) >= 11 is 0. The van der Waals surface area contributed by atoms with Gasteiger partial charge in [0.2, 0.25) is 8.32 Å². The standard InChI is InChI=1S/C57H84O9Si2/c1-8-11-14-17-20-23-26-54(62-50-31-27-46(28-32-50)56(58)64-52-39-35-48(36-40-52)60-43-24-21-18-15-12-9-2)45-55(68(6,7)66-67(4)5)63-51-33-29-47(30-34-51)57(59)65-53-41-37-49(38-42-53)61-44-25-22-19-16-13-10-3/h27-42,54-55,67H,8-26,43-45H2,1-7H3. The Kier molecular flexibility index (Phi) is 26.6. The Hall–Kier alpha value is -4.59. The predicted octanol–water partition coefficient (Wildman–Crippen LogP) is 15.7. The molecule has 2 atom stereocenters. The third kappa shape index (κ3) is 22.2. The van der Waals surface area contributed by atoms with Crippen molar-refractivity contribution in [3.8, 4) is 34.5 Å². The smallest absolute Gasteiger partial charge is 0.343 e. The van der Waals surface area contributed by atoms with Gasteiger partial charge in [-0.3, -0.25) is 0 Å². The van der Waals surface area contributed by atoms with Gasteiger partial charge in [0.1, 0.15) is 46.3 Å². The van der Waals surface area contributed by atoms with Crippen molar-refractivity contribution in [3.63, 3.8) is 0 Å². The lowest BCUT2D eigenvalue weighted by Crippen LogP contribution is -2.52. The molecule has 0 radical (unpaired) electrons. The minimum atomic E-state index is -2.42. The molecule has 0 aliphatic rings. The highest BCUT2D eigenvalue weighted by molar-refractivity contribution is 6.78. The maximum atomic E-state index is 13.2. The number of unbranched alkanes of at least 4 members (excludes halogenated alkanes) is 15. The molecule has 9 nitrogen and oxygen atoms in total. The average molecular weight is 969 g/mol. The van der Waals surface area contributed by atoms with Gasteiger partial charge in [-0.15, -0.1) is 0 Å². The van der Waals surface area contributed by atoms with E-state index in [-0.39, 0.29) is 11.8 Å². The minimum absolute atomic E-state index is 0.156. The molecule has 0 bridgehead atoms. The molecule has 68 heavy (non-hydrogen) atoms. The summed E-state index contributed by atoms with van der Waals surface area (Å²) < 4.78 is 43.6. The van der Waals surface area contributed by atoms with Gasteiger partial charge in [-0.1, -0.05) is 117 Å². The van der Waals surface area contributed by atoms with Crippen LogP contribution in [0.3, 0.4) is 0 Å². The summed E-state index contributed by atoms with van der Waals surface area (Å²) in [7, 11) is -3.84. The Morgan fingerprint density at radius 2 is 0.809 bits per heavy atom. The Morgan fingerprint density at radius 3 is 1.22 bits per heavy atom. The van der Waals surface area contributed by atoms with Crippen molar-refractivity contribution in [3.05, 3.63) is 108 Å². The number of carbonyl (C=O) groups is 2. The average Bonchev–Trinajstić information content (AvgIpc) is 3.32. The molecule has 4 rings (SSSR count). The molecule has 0 aliphatic heterocycles. The first-order valence-electron chi connectivity index (χ1n) is 26.1. The second-order valence-electron chi connectivity index (χ2n) is 18.9. The lowest BCUT2D eigenvalue weighted by Gasteiger charge is -2.36. The largest absolute Gasteiger partial charge is 0.494 e. The zero-order valence-electron chi connectivity index (χ0n) is 42.7. The Bertz CT molecular complexity index is 1950. The molecule has 4 aromatic carbocycles. The molecule has 4 aromatic rings. The van der Waals surface area contributed by atoms with Gasteiger partial charge in [0.15, 0.2) is 9.04 Å². The van der Waals surface area contributed by atoms with Gasteiger partial charge in [-0.05, 0) is 149 Å². The molecule has 0 amide bonds.